The number of aliphatic hydroxyl groups excluding tert-OH is 1. The third-order valence-electron chi connectivity index (χ3n) is 6.43. The first-order valence-electron chi connectivity index (χ1n) is 11.0. The predicted molar refractivity (Wildman–Crippen MR) is 122 cm³/mol. The molecule has 1 fully saturated rings. The summed E-state index contributed by atoms with van der Waals surface area (Å²) in [6.45, 7) is 7.23. The zero-order valence-electron chi connectivity index (χ0n) is 18.5. The summed E-state index contributed by atoms with van der Waals surface area (Å²) in [7, 11) is 0. The molecule has 2 aliphatic rings. The lowest BCUT2D eigenvalue weighted by Gasteiger charge is -2.34. The molecule has 7 nitrogen and oxygen atoms in total. The Morgan fingerprint density at radius 3 is 2.41 bits per heavy atom. The van der Waals surface area contributed by atoms with Crippen LogP contribution in [0.5, 0.6) is 0 Å². The number of halogens is 1. The molecule has 1 amide bonds. The Hall–Kier alpha value is -2.48. The first-order valence-corrected chi connectivity index (χ1v) is 11.4. The highest BCUT2D eigenvalue weighted by Gasteiger charge is 2.36. The van der Waals surface area contributed by atoms with Crippen LogP contribution in [0.25, 0.3) is 5.69 Å². The molecule has 0 saturated carbocycles. The summed E-state index contributed by atoms with van der Waals surface area (Å²) in [4.78, 5) is 42.9. The van der Waals surface area contributed by atoms with E-state index < -0.39 is 5.56 Å². The van der Waals surface area contributed by atoms with E-state index in [2.05, 4.69) is 0 Å². The van der Waals surface area contributed by atoms with Crippen LogP contribution in [0.15, 0.2) is 35.1 Å². The number of carbonyl (C=O) groups excluding carboxylic acids is 2. The Morgan fingerprint density at radius 1 is 1.12 bits per heavy atom. The minimum atomic E-state index is -0.410. The molecular weight excluding hydrogens is 430 g/mol. The van der Waals surface area contributed by atoms with E-state index in [4.69, 9.17) is 16.7 Å². The van der Waals surface area contributed by atoms with Crippen molar-refractivity contribution in [3.05, 3.63) is 62.5 Å². The lowest BCUT2D eigenvalue weighted by atomic mass is 9.75. The van der Waals surface area contributed by atoms with E-state index in [1.165, 1.54) is 15.5 Å². The van der Waals surface area contributed by atoms with E-state index in [0.717, 1.165) is 13.1 Å². The van der Waals surface area contributed by atoms with Gasteiger partial charge in [0.2, 0.25) is 0 Å². The largest absolute Gasteiger partial charge is 0.391 e. The van der Waals surface area contributed by atoms with E-state index in [-0.39, 0.29) is 29.3 Å². The predicted octanol–water partition coefficient (Wildman–Crippen LogP) is 0.979. The van der Waals surface area contributed by atoms with Crippen molar-refractivity contribution < 1.29 is 19.6 Å². The zero-order chi connectivity index (χ0) is 23.0. The van der Waals surface area contributed by atoms with Crippen molar-refractivity contribution in [2.75, 3.05) is 39.3 Å². The highest BCUT2D eigenvalue weighted by atomic mass is 35.5. The fraction of sp³-hybridized carbons (Fsp3) is 0.458. The SMILES string of the molecule is CC1(C)CC(=O)c2cc(C(=O)N3CC[NH+](CCO)CC3)c(=O)n(-c3ccc(Cl)cc3)c2C1. The second-order valence-corrected chi connectivity index (χ2v) is 9.93. The first-order chi connectivity index (χ1) is 15.2. The van der Waals surface area contributed by atoms with Crippen LogP contribution in [0.1, 0.15) is 46.7 Å². The number of Topliss-reactive ketones (excluding diaryl/α,β-unsaturated/α-hetero) is 1. The molecule has 2 heterocycles. The van der Waals surface area contributed by atoms with Crippen molar-refractivity contribution in [3.8, 4) is 5.69 Å². The van der Waals surface area contributed by atoms with Crippen LogP contribution < -0.4 is 10.5 Å². The van der Waals surface area contributed by atoms with E-state index in [0.29, 0.717) is 54.4 Å². The quantitative estimate of drug-likeness (QED) is 0.715. The molecule has 1 aromatic heterocycles. The number of ketones is 1. The smallest absolute Gasteiger partial charge is 0.268 e. The number of quaternary nitrogens is 1. The van der Waals surface area contributed by atoms with Crippen LogP contribution >= 0.6 is 11.6 Å². The lowest BCUT2D eigenvalue weighted by Crippen LogP contribution is -3.15. The van der Waals surface area contributed by atoms with Gasteiger partial charge in [-0.2, -0.15) is 0 Å². The summed E-state index contributed by atoms with van der Waals surface area (Å²) in [6.07, 6.45) is 0.930. The fourth-order valence-corrected chi connectivity index (χ4v) is 4.86. The molecule has 2 aromatic rings. The summed E-state index contributed by atoms with van der Waals surface area (Å²) in [6, 6.07) is 8.38. The van der Waals surface area contributed by atoms with E-state index >= 15 is 0 Å². The van der Waals surface area contributed by atoms with Crippen molar-refractivity contribution in [1.29, 1.82) is 0 Å². The Kier molecular flexibility index (Phi) is 6.25. The van der Waals surface area contributed by atoms with E-state index in [9.17, 15) is 14.4 Å². The average molecular weight is 459 g/mol. The number of rotatable bonds is 4. The van der Waals surface area contributed by atoms with Crippen molar-refractivity contribution >= 4 is 23.3 Å². The number of piperazine rings is 1. The molecule has 4 rings (SSSR count). The minimum absolute atomic E-state index is 0.0253. The van der Waals surface area contributed by atoms with Gasteiger partial charge in [0.15, 0.2) is 5.78 Å². The van der Waals surface area contributed by atoms with Gasteiger partial charge in [0.25, 0.3) is 11.5 Å². The molecule has 170 valence electrons. The number of nitrogens with zero attached hydrogens (tertiary/aromatic N) is 2. The molecule has 1 aliphatic heterocycles. The maximum absolute atomic E-state index is 13.6. The van der Waals surface area contributed by atoms with Crippen LogP contribution in [-0.4, -0.2) is 65.6 Å². The maximum atomic E-state index is 13.6. The molecule has 0 unspecified atom stereocenters. The molecular formula is C24H29ClN3O4+. The number of aromatic nitrogens is 1. The number of benzene rings is 1. The molecule has 0 radical (unpaired) electrons. The second kappa shape index (κ2) is 8.81. The Bertz CT molecular complexity index is 1100. The average Bonchev–Trinajstić information content (AvgIpc) is 2.74. The summed E-state index contributed by atoms with van der Waals surface area (Å²) >= 11 is 6.05. The standard InChI is InChI=1S/C24H28ClN3O4/c1-24(2)14-20-18(21(30)15-24)13-19(22(31)27-9-7-26(8-10-27)11-12-29)23(32)28(20)17-5-3-16(25)4-6-17/h3-6,13,29H,7-12,14-15H2,1-2H3/p+1. The van der Waals surface area contributed by atoms with Gasteiger partial charge in [0.05, 0.1) is 32.8 Å². The molecule has 1 aromatic carbocycles. The molecule has 0 atom stereocenters. The number of carbonyl (C=O) groups is 2. The van der Waals surface area contributed by atoms with Crippen LogP contribution in [0, 0.1) is 5.41 Å². The van der Waals surface area contributed by atoms with Crippen molar-refractivity contribution in [3.63, 3.8) is 0 Å². The van der Waals surface area contributed by atoms with Crippen molar-refractivity contribution in [1.82, 2.24) is 9.47 Å². The van der Waals surface area contributed by atoms with Gasteiger partial charge in [0.1, 0.15) is 12.1 Å². The highest BCUT2D eigenvalue weighted by Crippen LogP contribution is 2.35. The second-order valence-electron chi connectivity index (χ2n) is 9.49. The fourth-order valence-electron chi connectivity index (χ4n) is 4.74. The van der Waals surface area contributed by atoms with Crippen molar-refractivity contribution in [2.45, 2.75) is 26.7 Å². The normalized spacial score (nSPS) is 18.5. The summed E-state index contributed by atoms with van der Waals surface area (Å²) < 4.78 is 1.52. The van der Waals surface area contributed by atoms with Gasteiger partial charge in [-0.1, -0.05) is 25.4 Å². The zero-order valence-corrected chi connectivity index (χ0v) is 19.2. The summed E-state index contributed by atoms with van der Waals surface area (Å²) in [5.41, 5.74) is 1.03. The number of fused-ring (bicyclic) bond motifs is 1. The maximum Gasteiger partial charge on any atom is 0.268 e. The monoisotopic (exact) mass is 458 g/mol. The first kappa shape index (κ1) is 22.7. The molecule has 2 N–H and O–H groups in total. The van der Waals surface area contributed by atoms with Crippen LogP contribution in [0.4, 0.5) is 0 Å². The number of pyridine rings is 1. The Balaban J connectivity index is 1.80. The minimum Gasteiger partial charge on any atom is -0.391 e. The molecule has 0 spiro atoms. The van der Waals surface area contributed by atoms with Crippen LogP contribution in [0.2, 0.25) is 5.02 Å². The topological polar surface area (TPSA) is 84.1 Å². The van der Waals surface area contributed by atoms with E-state index in [1.54, 1.807) is 29.2 Å². The lowest BCUT2D eigenvalue weighted by molar-refractivity contribution is -0.904. The Labute approximate surface area is 192 Å². The van der Waals surface area contributed by atoms with Crippen LogP contribution in [-0.2, 0) is 6.42 Å². The Morgan fingerprint density at radius 2 is 1.78 bits per heavy atom. The van der Waals surface area contributed by atoms with Gasteiger partial charge in [-0.15, -0.1) is 0 Å². The third kappa shape index (κ3) is 4.37. The number of hydrogen-bond donors (Lipinski definition) is 2. The summed E-state index contributed by atoms with van der Waals surface area (Å²) in [5.74, 6) is -0.397. The van der Waals surface area contributed by atoms with Gasteiger partial charge in [-0.3, -0.25) is 19.0 Å². The number of amides is 1. The number of nitrogens with one attached hydrogen (secondary N) is 1. The number of aliphatic hydroxyl groups is 1. The third-order valence-corrected chi connectivity index (χ3v) is 6.68. The van der Waals surface area contributed by atoms with Gasteiger partial charge in [-0.25, -0.2) is 0 Å². The van der Waals surface area contributed by atoms with E-state index in [1.807, 2.05) is 13.8 Å². The molecule has 8 heteroatoms. The molecule has 0 bridgehead atoms. The molecule has 1 aliphatic carbocycles. The van der Waals surface area contributed by atoms with Crippen LogP contribution in [0.3, 0.4) is 0 Å². The highest BCUT2D eigenvalue weighted by molar-refractivity contribution is 6.30. The number of hydrogen-bond acceptors (Lipinski definition) is 4. The molecule has 1 saturated heterocycles. The van der Waals surface area contributed by atoms with Gasteiger partial charge in [0, 0.05) is 28.4 Å². The van der Waals surface area contributed by atoms with Gasteiger partial charge >= 0.3 is 0 Å². The molecule has 32 heavy (non-hydrogen) atoms. The van der Waals surface area contributed by atoms with Gasteiger partial charge < -0.3 is 14.9 Å². The van der Waals surface area contributed by atoms with Gasteiger partial charge in [-0.05, 0) is 42.2 Å². The van der Waals surface area contributed by atoms with Crippen molar-refractivity contribution in [2.24, 2.45) is 5.41 Å². The summed E-state index contributed by atoms with van der Waals surface area (Å²) in [5, 5.41) is 9.70.